The number of aryl methyl sites for hydroxylation is 1. The summed E-state index contributed by atoms with van der Waals surface area (Å²) in [6.07, 6.45) is 1.98. The van der Waals surface area contributed by atoms with Crippen LogP contribution in [0.5, 0.6) is 17.2 Å². The highest BCUT2D eigenvalue weighted by atomic mass is 16.6. The minimum Gasteiger partial charge on any atom is -0.500 e. The Hall–Kier alpha value is -3.62. The monoisotopic (exact) mass is 373 g/mol. The first-order chi connectivity index (χ1) is 13.0. The number of methoxy groups -OCH3 is 1. The van der Waals surface area contributed by atoms with Gasteiger partial charge in [-0.15, -0.1) is 0 Å². The van der Waals surface area contributed by atoms with Gasteiger partial charge in [-0.25, -0.2) is 5.43 Å². The maximum Gasteiger partial charge on any atom is 0.315 e. The molecule has 0 bridgehead atoms. The van der Waals surface area contributed by atoms with Gasteiger partial charge in [0.1, 0.15) is 5.75 Å². The van der Waals surface area contributed by atoms with Gasteiger partial charge in [0.15, 0.2) is 12.4 Å². The van der Waals surface area contributed by atoms with E-state index < -0.39 is 22.3 Å². The van der Waals surface area contributed by atoms with Crippen molar-refractivity contribution in [2.75, 3.05) is 13.7 Å². The Morgan fingerprint density at radius 3 is 2.74 bits per heavy atom. The zero-order valence-corrected chi connectivity index (χ0v) is 14.8. The number of hydrazone groups is 1. The van der Waals surface area contributed by atoms with Gasteiger partial charge in [-0.2, -0.15) is 5.10 Å². The number of amides is 1. The van der Waals surface area contributed by atoms with E-state index >= 15 is 0 Å². The van der Waals surface area contributed by atoms with Gasteiger partial charge in [-0.1, -0.05) is 25.1 Å². The Labute approximate surface area is 155 Å². The Kier molecular flexibility index (Phi) is 6.70. The van der Waals surface area contributed by atoms with Crippen molar-refractivity contribution >= 4 is 17.8 Å². The van der Waals surface area contributed by atoms with E-state index in [1.807, 2.05) is 25.1 Å². The Morgan fingerprint density at radius 2 is 2.07 bits per heavy atom. The second kappa shape index (κ2) is 9.18. The highest BCUT2D eigenvalue weighted by Crippen LogP contribution is 2.36. The summed E-state index contributed by atoms with van der Waals surface area (Å²) in [5, 5.41) is 24.4. The van der Waals surface area contributed by atoms with Crippen LogP contribution in [0.2, 0.25) is 0 Å². The second-order valence-electron chi connectivity index (χ2n) is 5.39. The van der Waals surface area contributed by atoms with Gasteiger partial charge >= 0.3 is 5.69 Å². The molecule has 0 atom stereocenters. The second-order valence-corrected chi connectivity index (χ2v) is 5.39. The third-order valence-corrected chi connectivity index (χ3v) is 3.61. The fraction of sp³-hybridized carbons (Fsp3) is 0.222. The van der Waals surface area contributed by atoms with Crippen LogP contribution >= 0.6 is 0 Å². The molecule has 9 nitrogen and oxygen atoms in total. The van der Waals surface area contributed by atoms with Crippen molar-refractivity contribution in [2.24, 2.45) is 5.10 Å². The third kappa shape index (κ3) is 5.18. The molecule has 9 heteroatoms. The number of phenolic OH excluding ortho intramolecular Hbond substituents is 1. The van der Waals surface area contributed by atoms with Crippen LogP contribution < -0.4 is 14.9 Å². The first-order valence-electron chi connectivity index (χ1n) is 8.04. The quantitative estimate of drug-likeness (QED) is 0.416. The normalized spacial score (nSPS) is 10.6. The summed E-state index contributed by atoms with van der Waals surface area (Å²) in [6.45, 7) is 1.76. The molecule has 0 aliphatic carbocycles. The summed E-state index contributed by atoms with van der Waals surface area (Å²) in [5.74, 6) is -0.515. The summed E-state index contributed by atoms with van der Waals surface area (Å²) in [6, 6.07) is 9.86. The molecule has 0 spiro atoms. The Morgan fingerprint density at radius 1 is 1.33 bits per heavy atom. The van der Waals surface area contributed by atoms with Crippen molar-refractivity contribution in [3.05, 3.63) is 57.6 Å². The largest absolute Gasteiger partial charge is 0.500 e. The van der Waals surface area contributed by atoms with E-state index in [4.69, 9.17) is 9.47 Å². The van der Waals surface area contributed by atoms with E-state index in [1.54, 1.807) is 6.07 Å². The van der Waals surface area contributed by atoms with Gasteiger partial charge in [0.2, 0.25) is 5.75 Å². The van der Waals surface area contributed by atoms with Crippen LogP contribution in [-0.2, 0) is 11.2 Å². The number of nitro groups is 1. The predicted octanol–water partition coefficient (Wildman–Crippen LogP) is 2.40. The molecule has 0 heterocycles. The molecule has 0 saturated carbocycles. The Balaban J connectivity index is 1.99. The van der Waals surface area contributed by atoms with Crippen LogP contribution in [-0.4, -0.2) is 35.9 Å². The van der Waals surface area contributed by atoms with Gasteiger partial charge in [0, 0.05) is 11.6 Å². The maximum atomic E-state index is 11.8. The number of benzene rings is 2. The molecule has 142 valence electrons. The van der Waals surface area contributed by atoms with Crippen LogP contribution in [0.4, 0.5) is 5.69 Å². The van der Waals surface area contributed by atoms with E-state index in [0.29, 0.717) is 5.75 Å². The summed E-state index contributed by atoms with van der Waals surface area (Å²) < 4.78 is 10.4. The number of nitro benzene ring substituents is 1. The van der Waals surface area contributed by atoms with Gasteiger partial charge in [-0.3, -0.25) is 14.9 Å². The first kappa shape index (κ1) is 19.7. The van der Waals surface area contributed by atoms with Gasteiger partial charge in [0.25, 0.3) is 5.91 Å². The molecular formula is C18H19N3O6. The number of ether oxygens (including phenoxy) is 2. The molecule has 2 aromatic rings. The molecule has 2 aromatic carbocycles. The molecule has 0 radical (unpaired) electrons. The fourth-order valence-corrected chi connectivity index (χ4v) is 2.27. The molecular weight excluding hydrogens is 354 g/mol. The number of nitrogens with zero attached hydrogens (tertiary/aromatic N) is 2. The lowest BCUT2D eigenvalue weighted by Gasteiger charge is -2.09. The topological polar surface area (TPSA) is 123 Å². The number of phenols is 1. The highest BCUT2D eigenvalue weighted by Gasteiger charge is 2.19. The minimum absolute atomic E-state index is 0.0727. The van der Waals surface area contributed by atoms with E-state index in [-0.39, 0.29) is 17.9 Å². The first-order valence-corrected chi connectivity index (χ1v) is 8.04. The van der Waals surface area contributed by atoms with Gasteiger partial charge in [0.05, 0.1) is 18.2 Å². The van der Waals surface area contributed by atoms with Crippen molar-refractivity contribution in [3.8, 4) is 17.2 Å². The fourth-order valence-electron chi connectivity index (χ4n) is 2.27. The molecule has 0 aliphatic rings. The van der Waals surface area contributed by atoms with Crippen molar-refractivity contribution in [3.63, 3.8) is 0 Å². The number of para-hydroxylation sites is 1. The summed E-state index contributed by atoms with van der Waals surface area (Å²) in [4.78, 5) is 22.0. The predicted molar refractivity (Wildman–Crippen MR) is 98.4 cm³/mol. The number of hydrogen-bond donors (Lipinski definition) is 2. The van der Waals surface area contributed by atoms with Crippen LogP contribution in [0.1, 0.15) is 18.1 Å². The Bertz CT molecular complexity index is 866. The van der Waals surface area contributed by atoms with Crippen LogP contribution in [0.15, 0.2) is 41.5 Å². The summed E-state index contributed by atoms with van der Waals surface area (Å²) >= 11 is 0. The minimum atomic E-state index is -0.743. The smallest absolute Gasteiger partial charge is 0.315 e. The number of aromatic hydroxyl groups is 1. The van der Waals surface area contributed by atoms with E-state index in [0.717, 1.165) is 18.1 Å². The van der Waals surface area contributed by atoms with E-state index in [2.05, 4.69) is 10.5 Å². The molecule has 2 N–H and O–H groups in total. The lowest BCUT2D eigenvalue weighted by molar-refractivity contribution is -0.386. The molecule has 0 saturated heterocycles. The van der Waals surface area contributed by atoms with Crippen molar-refractivity contribution in [1.29, 1.82) is 0 Å². The molecule has 2 rings (SSSR count). The van der Waals surface area contributed by atoms with E-state index in [9.17, 15) is 20.0 Å². The molecule has 1 amide bonds. The number of carbonyl (C=O) groups excluding carboxylic acids is 1. The molecule has 27 heavy (non-hydrogen) atoms. The zero-order valence-electron chi connectivity index (χ0n) is 14.8. The van der Waals surface area contributed by atoms with Crippen LogP contribution in [0.3, 0.4) is 0 Å². The molecule has 0 aromatic heterocycles. The van der Waals surface area contributed by atoms with Crippen LogP contribution in [0, 0.1) is 10.1 Å². The van der Waals surface area contributed by atoms with Crippen molar-refractivity contribution < 1.29 is 24.3 Å². The van der Waals surface area contributed by atoms with Crippen molar-refractivity contribution in [2.45, 2.75) is 13.3 Å². The lowest BCUT2D eigenvalue weighted by atomic mass is 10.1. The van der Waals surface area contributed by atoms with Crippen molar-refractivity contribution in [1.82, 2.24) is 5.43 Å². The van der Waals surface area contributed by atoms with Crippen LogP contribution in [0.25, 0.3) is 0 Å². The highest BCUT2D eigenvalue weighted by molar-refractivity contribution is 5.85. The number of hydrogen-bond acceptors (Lipinski definition) is 7. The third-order valence-electron chi connectivity index (χ3n) is 3.61. The van der Waals surface area contributed by atoms with Gasteiger partial charge in [-0.05, 0) is 24.1 Å². The molecule has 0 aliphatic heterocycles. The molecule has 0 fully saturated rings. The molecule has 0 unspecified atom stereocenters. The number of rotatable bonds is 8. The lowest BCUT2D eigenvalue weighted by Crippen LogP contribution is -2.24. The summed E-state index contributed by atoms with van der Waals surface area (Å²) in [5.41, 5.74) is 3.00. The summed E-state index contributed by atoms with van der Waals surface area (Å²) in [7, 11) is 1.27. The number of nitrogens with one attached hydrogen (secondary N) is 1. The number of carbonyl (C=O) groups is 1. The van der Waals surface area contributed by atoms with Gasteiger partial charge < -0.3 is 14.6 Å². The average Bonchev–Trinajstić information content (AvgIpc) is 2.67. The average molecular weight is 373 g/mol. The SMILES string of the molecule is CCc1ccccc1OCC(=O)N/N=C/c1cc(OC)c(O)c([N+](=O)[O-])c1. The standard InChI is InChI=1S/C18H19N3O6/c1-3-13-6-4-5-7-15(13)27-11-17(22)20-19-10-12-8-14(21(24)25)18(23)16(9-12)26-2/h4-10,23H,3,11H2,1-2H3,(H,20,22)/b19-10+. The zero-order chi connectivity index (χ0) is 19.8. The van der Waals surface area contributed by atoms with E-state index in [1.165, 1.54) is 19.4 Å². The maximum absolute atomic E-state index is 11.8.